The summed E-state index contributed by atoms with van der Waals surface area (Å²) in [5.74, 6) is 0.988. The fourth-order valence-corrected chi connectivity index (χ4v) is 4.24. The van der Waals surface area contributed by atoms with Crippen molar-refractivity contribution in [3.05, 3.63) is 0 Å². The highest BCUT2D eigenvalue weighted by atomic mass is 32.1. The van der Waals surface area contributed by atoms with Crippen molar-refractivity contribution in [1.82, 2.24) is 0 Å². The van der Waals surface area contributed by atoms with Gasteiger partial charge in [0, 0.05) is 13.2 Å². The number of hydrogen-bond donors (Lipinski definition) is 1. The Hall–Kier alpha value is 0.487. The fourth-order valence-electron chi connectivity index (χ4n) is 1.53. The summed E-state index contributed by atoms with van der Waals surface area (Å²) in [6, 6.07) is 1.11. The van der Waals surface area contributed by atoms with Gasteiger partial charge >= 0.3 is 8.56 Å². The van der Waals surface area contributed by atoms with Gasteiger partial charge in [0.1, 0.15) is 0 Å². The van der Waals surface area contributed by atoms with Crippen LogP contribution in [-0.4, -0.2) is 27.5 Å². The van der Waals surface area contributed by atoms with Crippen molar-refractivity contribution in [3.63, 3.8) is 0 Å². The summed E-state index contributed by atoms with van der Waals surface area (Å²) in [5, 5.41) is 0. The highest BCUT2D eigenvalue weighted by Crippen LogP contribution is 2.17. The van der Waals surface area contributed by atoms with Crippen LogP contribution in [0.5, 0.6) is 0 Å². The van der Waals surface area contributed by atoms with Crippen molar-refractivity contribution in [2.45, 2.75) is 45.7 Å². The second kappa shape index (κ2) is 8.77. The van der Waals surface area contributed by atoms with E-state index in [-0.39, 0.29) is 0 Å². The molecule has 0 aliphatic heterocycles. The van der Waals surface area contributed by atoms with E-state index in [0.29, 0.717) is 0 Å². The zero-order valence-corrected chi connectivity index (χ0v) is 11.6. The minimum Gasteiger partial charge on any atom is -0.395 e. The average Bonchev–Trinajstić information content (AvgIpc) is 2.13. The lowest BCUT2D eigenvalue weighted by Gasteiger charge is -2.25. The van der Waals surface area contributed by atoms with Gasteiger partial charge in [0.2, 0.25) is 0 Å². The lowest BCUT2D eigenvalue weighted by molar-refractivity contribution is 0.188. The summed E-state index contributed by atoms with van der Waals surface area (Å²) >= 11 is 4.20. The van der Waals surface area contributed by atoms with Gasteiger partial charge in [-0.3, -0.25) is 0 Å². The standard InChI is InChI=1S/C10H24O2SSi/c1-4-11-14(3,12-5-2)10-8-6-7-9-13/h13H,4-10H2,1-3H3. The Morgan fingerprint density at radius 3 is 2.00 bits per heavy atom. The molecule has 0 unspecified atom stereocenters. The van der Waals surface area contributed by atoms with Gasteiger partial charge in [0.05, 0.1) is 0 Å². The third kappa shape index (κ3) is 6.87. The second-order valence-corrected chi connectivity index (χ2v) is 7.33. The van der Waals surface area contributed by atoms with Gasteiger partial charge in [-0.05, 0) is 38.6 Å². The first kappa shape index (κ1) is 14.5. The molecular formula is C10H24O2SSi. The van der Waals surface area contributed by atoms with E-state index in [0.717, 1.165) is 25.0 Å². The summed E-state index contributed by atoms with van der Waals surface area (Å²) in [5.41, 5.74) is 0. The van der Waals surface area contributed by atoms with Crippen LogP contribution in [0.1, 0.15) is 33.1 Å². The van der Waals surface area contributed by atoms with Gasteiger partial charge in [-0.2, -0.15) is 12.6 Å². The smallest absolute Gasteiger partial charge is 0.334 e. The van der Waals surface area contributed by atoms with Crippen LogP contribution in [0.4, 0.5) is 0 Å². The maximum atomic E-state index is 5.75. The van der Waals surface area contributed by atoms with Crippen LogP contribution >= 0.6 is 12.6 Å². The van der Waals surface area contributed by atoms with E-state index in [1.54, 1.807) is 0 Å². The van der Waals surface area contributed by atoms with E-state index < -0.39 is 8.56 Å². The number of thiol groups is 1. The SMILES string of the molecule is CCO[Si](C)(CCCCCS)OCC. The highest BCUT2D eigenvalue weighted by molar-refractivity contribution is 7.80. The topological polar surface area (TPSA) is 18.5 Å². The Labute approximate surface area is 95.0 Å². The van der Waals surface area contributed by atoms with Crippen LogP contribution in [0.25, 0.3) is 0 Å². The first-order valence-electron chi connectivity index (χ1n) is 5.57. The van der Waals surface area contributed by atoms with E-state index in [1.165, 1.54) is 19.3 Å². The fraction of sp³-hybridized carbons (Fsp3) is 1.00. The third-order valence-corrected chi connectivity index (χ3v) is 5.57. The molecule has 0 saturated carbocycles. The van der Waals surface area contributed by atoms with Crippen LogP contribution in [-0.2, 0) is 8.85 Å². The van der Waals surface area contributed by atoms with Crippen molar-refractivity contribution in [1.29, 1.82) is 0 Å². The van der Waals surface area contributed by atoms with E-state index in [2.05, 4.69) is 19.2 Å². The first-order valence-corrected chi connectivity index (χ1v) is 8.73. The molecule has 0 fully saturated rings. The summed E-state index contributed by atoms with van der Waals surface area (Å²) < 4.78 is 11.5. The number of unbranched alkanes of at least 4 members (excludes halogenated alkanes) is 2. The summed E-state index contributed by atoms with van der Waals surface area (Å²) in [4.78, 5) is 0. The van der Waals surface area contributed by atoms with Crippen molar-refractivity contribution in [2.24, 2.45) is 0 Å². The van der Waals surface area contributed by atoms with Gasteiger partial charge in [0.25, 0.3) is 0 Å². The van der Waals surface area contributed by atoms with Gasteiger partial charge in [-0.15, -0.1) is 0 Å². The van der Waals surface area contributed by atoms with Gasteiger partial charge < -0.3 is 8.85 Å². The molecule has 0 atom stereocenters. The van der Waals surface area contributed by atoms with Crippen LogP contribution in [0, 0.1) is 0 Å². The molecule has 0 heterocycles. The van der Waals surface area contributed by atoms with Crippen LogP contribution in [0.3, 0.4) is 0 Å². The van der Waals surface area contributed by atoms with E-state index in [1.807, 2.05) is 13.8 Å². The zero-order valence-electron chi connectivity index (χ0n) is 9.71. The zero-order chi connectivity index (χ0) is 10.9. The second-order valence-electron chi connectivity index (χ2n) is 3.53. The summed E-state index contributed by atoms with van der Waals surface area (Å²) in [6.45, 7) is 7.79. The van der Waals surface area contributed by atoms with E-state index in [9.17, 15) is 0 Å². The monoisotopic (exact) mass is 236 g/mol. The van der Waals surface area contributed by atoms with Crippen molar-refractivity contribution in [2.75, 3.05) is 19.0 Å². The van der Waals surface area contributed by atoms with Crippen molar-refractivity contribution >= 4 is 21.2 Å². The summed E-state index contributed by atoms with van der Waals surface area (Å²) in [7, 11) is -1.82. The lowest BCUT2D eigenvalue weighted by atomic mass is 10.3. The largest absolute Gasteiger partial charge is 0.395 e. The molecular weight excluding hydrogens is 212 g/mol. The van der Waals surface area contributed by atoms with E-state index >= 15 is 0 Å². The van der Waals surface area contributed by atoms with Gasteiger partial charge in [-0.25, -0.2) is 0 Å². The predicted octanol–water partition coefficient (Wildman–Crippen LogP) is 3.23. The molecule has 0 aliphatic rings. The molecule has 0 aromatic heterocycles. The average molecular weight is 236 g/mol. The molecule has 0 aliphatic carbocycles. The molecule has 86 valence electrons. The minimum atomic E-state index is -1.82. The number of hydrogen-bond acceptors (Lipinski definition) is 3. The normalized spacial score (nSPS) is 12.0. The Bertz CT molecular complexity index is 127. The predicted molar refractivity (Wildman–Crippen MR) is 67.4 cm³/mol. The highest BCUT2D eigenvalue weighted by Gasteiger charge is 2.29. The first-order chi connectivity index (χ1) is 6.68. The molecule has 0 bridgehead atoms. The van der Waals surface area contributed by atoms with Crippen LogP contribution in [0.15, 0.2) is 0 Å². The molecule has 0 aromatic rings. The Morgan fingerprint density at radius 1 is 1.00 bits per heavy atom. The van der Waals surface area contributed by atoms with Crippen molar-refractivity contribution in [3.8, 4) is 0 Å². The van der Waals surface area contributed by atoms with Crippen LogP contribution in [0.2, 0.25) is 12.6 Å². The van der Waals surface area contributed by atoms with Crippen LogP contribution < -0.4 is 0 Å². The molecule has 0 saturated heterocycles. The lowest BCUT2D eigenvalue weighted by Crippen LogP contribution is -2.38. The molecule has 0 amide bonds. The third-order valence-electron chi connectivity index (χ3n) is 2.19. The Balaban J connectivity index is 3.71. The van der Waals surface area contributed by atoms with Crippen molar-refractivity contribution < 1.29 is 8.85 Å². The molecule has 0 radical (unpaired) electrons. The minimum absolute atomic E-state index is 0.773. The Kier molecular flexibility index (Phi) is 9.07. The van der Waals surface area contributed by atoms with Gasteiger partial charge in [0.15, 0.2) is 0 Å². The molecule has 0 spiro atoms. The van der Waals surface area contributed by atoms with E-state index in [4.69, 9.17) is 8.85 Å². The molecule has 4 heteroatoms. The molecule has 0 rings (SSSR count). The maximum Gasteiger partial charge on any atom is 0.334 e. The number of rotatable bonds is 9. The molecule has 0 N–H and O–H groups in total. The molecule has 14 heavy (non-hydrogen) atoms. The molecule has 0 aromatic carbocycles. The maximum absolute atomic E-state index is 5.75. The molecule has 2 nitrogen and oxygen atoms in total. The quantitative estimate of drug-likeness (QED) is 0.376. The summed E-state index contributed by atoms with van der Waals surface area (Å²) in [6.07, 6.45) is 3.65. The Morgan fingerprint density at radius 2 is 1.57 bits per heavy atom. The van der Waals surface area contributed by atoms with Gasteiger partial charge in [-0.1, -0.05) is 12.8 Å².